The SMILES string of the molecule is COc1ccc2nc(Nc3ncnc(Sc4ccccc4)c3[N+](=O)[O-])sc2c1. The molecule has 0 amide bonds. The number of aromatic nitrogens is 3. The molecule has 2 aromatic heterocycles. The Morgan fingerprint density at radius 1 is 1.18 bits per heavy atom. The van der Waals surface area contributed by atoms with E-state index in [4.69, 9.17) is 4.74 Å². The van der Waals surface area contributed by atoms with E-state index in [1.54, 1.807) is 7.11 Å². The summed E-state index contributed by atoms with van der Waals surface area (Å²) >= 11 is 2.57. The summed E-state index contributed by atoms with van der Waals surface area (Å²) in [5, 5.41) is 15.4. The van der Waals surface area contributed by atoms with Gasteiger partial charge in [-0.25, -0.2) is 15.0 Å². The molecule has 0 aliphatic heterocycles. The average molecular weight is 411 g/mol. The highest BCUT2D eigenvalue weighted by molar-refractivity contribution is 7.99. The van der Waals surface area contributed by atoms with Gasteiger partial charge in [-0.2, -0.15) is 0 Å². The van der Waals surface area contributed by atoms with Crippen LogP contribution in [0.4, 0.5) is 16.6 Å². The third-order valence-corrected chi connectivity index (χ3v) is 5.68. The molecule has 10 heteroatoms. The summed E-state index contributed by atoms with van der Waals surface area (Å²) in [5.41, 5.74) is 0.581. The highest BCUT2D eigenvalue weighted by Crippen LogP contribution is 2.38. The molecule has 0 saturated carbocycles. The minimum atomic E-state index is -0.482. The van der Waals surface area contributed by atoms with E-state index in [2.05, 4.69) is 20.3 Å². The lowest BCUT2D eigenvalue weighted by Gasteiger charge is -2.06. The number of fused-ring (bicyclic) bond motifs is 1. The van der Waals surface area contributed by atoms with Crippen LogP contribution in [-0.4, -0.2) is 27.0 Å². The van der Waals surface area contributed by atoms with Crippen molar-refractivity contribution in [2.75, 3.05) is 12.4 Å². The Morgan fingerprint density at radius 3 is 2.75 bits per heavy atom. The zero-order valence-corrected chi connectivity index (χ0v) is 16.2. The van der Waals surface area contributed by atoms with E-state index in [-0.39, 0.29) is 16.5 Å². The number of thiazole rings is 1. The Hall–Kier alpha value is -3.24. The molecule has 4 rings (SSSR count). The molecule has 28 heavy (non-hydrogen) atoms. The van der Waals surface area contributed by atoms with Crippen molar-refractivity contribution in [2.24, 2.45) is 0 Å². The van der Waals surface area contributed by atoms with Crippen LogP contribution in [0.25, 0.3) is 10.2 Å². The lowest BCUT2D eigenvalue weighted by Crippen LogP contribution is -2.02. The van der Waals surface area contributed by atoms with E-state index in [1.165, 1.54) is 29.4 Å². The zero-order valence-electron chi connectivity index (χ0n) is 14.5. The third-order valence-electron chi connectivity index (χ3n) is 3.75. The van der Waals surface area contributed by atoms with Crippen LogP contribution in [0.1, 0.15) is 0 Å². The van der Waals surface area contributed by atoms with Crippen molar-refractivity contribution < 1.29 is 9.66 Å². The number of anilines is 2. The average Bonchev–Trinajstić information content (AvgIpc) is 3.10. The van der Waals surface area contributed by atoms with Gasteiger partial charge < -0.3 is 10.1 Å². The lowest BCUT2D eigenvalue weighted by molar-refractivity contribution is -0.387. The lowest BCUT2D eigenvalue weighted by atomic mass is 10.3. The normalized spacial score (nSPS) is 10.8. The molecule has 0 bridgehead atoms. The van der Waals surface area contributed by atoms with Gasteiger partial charge in [-0.15, -0.1) is 0 Å². The highest BCUT2D eigenvalue weighted by atomic mass is 32.2. The van der Waals surface area contributed by atoms with E-state index in [0.29, 0.717) is 5.13 Å². The molecule has 2 heterocycles. The first-order valence-electron chi connectivity index (χ1n) is 8.08. The number of benzene rings is 2. The summed E-state index contributed by atoms with van der Waals surface area (Å²) in [6, 6.07) is 14.9. The molecule has 0 atom stereocenters. The molecule has 0 radical (unpaired) electrons. The van der Waals surface area contributed by atoms with Crippen molar-refractivity contribution in [3.05, 3.63) is 65.0 Å². The van der Waals surface area contributed by atoms with E-state index >= 15 is 0 Å². The molecular weight excluding hydrogens is 398 g/mol. The van der Waals surface area contributed by atoms with Gasteiger partial charge in [0.25, 0.3) is 0 Å². The Morgan fingerprint density at radius 2 is 2.00 bits per heavy atom. The van der Waals surface area contributed by atoms with E-state index < -0.39 is 4.92 Å². The van der Waals surface area contributed by atoms with Crippen LogP contribution in [0, 0.1) is 10.1 Å². The molecule has 0 spiro atoms. The summed E-state index contributed by atoms with van der Waals surface area (Å²) in [6.45, 7) is 0. The second kappa shape index (κ2) is 7.79. The number of nitrogens with zero attached hydrogens (tertiary/aromatic N) is 4. The first-order chi connectivity index (χ1) is 13.6. The molecule has 0 saturated heterocycles. The predicted octanol–water partition coefficient (Wildman–Crippen LogP) is 4.90. The number of hydrogen-bond acceptors (Lipinski definition) is 9. The Bertz CT molecular complexity index is 1150. The Balaban J connectivity index is 1.69. The van der Waals surface area contributed by atoms with Crippen LogP contribution in [0.5, 0.6) is 5.75 Å². The van der Waals surface area contributed by atoms with E-state index in [0.717, 1.165) is 20.9 Å². The third kappa shape index (κ3) is 3.73. The van der Waals surface area contributed by atoms with Crippen molar-refractivity contribution in [1.82, 2.24) is 15.0 Å². The van der Waals surface area contributed by atoms with Crippen molar-refractivity contribution in [3.8, 4) is 5.75 Å². The molecule has 8 nitrogen and oxygen atoms in total. The summed E-state index contributed by atoms with van der Waals surface area (Å²) in [7, 11) is 1.59. The predicted molar refractivity (Wildman–Crippen MR) is 109 cm³/mol. The van der Waals surface area contributed by atoms with E-state index in [9.17, 15) is 10.1 Å². The van der Waals surface area contributed by atoms with Gasteiger partial charge >= 0.3 is 5.69 Å². The van der Waals surface area contributed by atoms with E-state index in [1.807, 2.05) is 48.5 Å². The fourth-order valence-electron chi connectivity index (χ4n) is 2.48. The second-order valence-corrected chi connectivity index (χ2v) is 7.62. The Kier molecular flexibility index (Phi) is 5.04. The van der Waals surface area contributed by atoms with Gasteiger partial charge in [0.15, 0.2) is 10.2 Å². The molecule has 1 N–H and O–H groups in total. The standard InChI is InChI=1S/C18H13N5O3S2/c1-26-11-7-8-13-14(9-11)28-18(21-13)22-16-15(23(24)25)17(20-10-19-16)27-12-5-3-2-4-6-12/h2-10H,1H3,(H,19,20,21,22). The molecule has 4 aromatic rings. The van der Waals surface area contributed by atoms with Crippen molar-refractivity contribution in [2.45, 2.75) is 9.92 Å². The van der Waals surface area contributed by atoms with Crippen LogP contribution in [0.3, 0.4) is 0 Å². The number of nitro groups is 1. The van der Waals surface area contributed by atoms with Crippen LogP contribution in [0.2, 0.25) is 0 Å². The van der Waals surface area contributed by atoms with Crippen molar-refractivity contribution in [1.29, 1.82) is 0 Å². The Labute approximate surface area is 167 Å². The quantitative estimate of drug-likeness (QED) is 0.271. The summed E-state index contributed by atoms with van der Waals surface area (Å²) in [4.78, 5) is 24.7. The van der Waals surface area contributed by atoms with Gasteiger partial charge in [-0.05, 0) is 30.3 Å². The maximum atomic E-state index is 11.7. The number of nitrogens with one attached hydrogen (secondary N) is 1. The zero-order chi connectivity index (χ0) is 19.5. The second-order valence-electron chi connectivity index (χ2n) is 5.53. The van der Waals surface area contributed by atoms with Gasteiger partial charge in [-0.3, -0.25) is 10.1 Å². The van der Waals surface area contributed by atoms with Gasteiger partial charge in [0.1, 0.15) is 12.1 Å². The number of methoxy groups -OCH3 is 1. The van der Waals surface area contributed by atoms with Crippen molar-refractivity contribution in [3.63, 3.8) is 0 Å². The molecule has 2 aromatic carbocycles. The summed E-state index contributed by atoms with van der Waals surface area (Å²) in [6.07, 6.45) is 1.30. The first kappa shape index (κ1) is 18.1. The monoisotopic (exact) mass is 411 g/mol. The number of ether oxygens (including phenoxy) is 1. The maximum Gasteiger partial charge on any atom is 0.344 e. The minimum Gasteiger partial charge on any atom is -0.497 e. The van der Waals surface area contributed by atoms with Gasteiger partial charge in [-0.1, -0.05) is 41.3 Å². The molecule has 0 aliphatic carbocycles. The largest absolute Gasteiger partial charge is 0.497 e. The highest BCUT2D eigenvalue weighted by Gasteiger charge is 2.24. The van der Waals surface area contributed by atoms with Crippen LogP contribution in [-0.2, 0) is 0 Å². The smallest absolute Gasteiger partial charge is 0.344 e. The summed E-state index contributed by atoms with van der Waals surface area (Å²) in [5.74, 6) is 0.821. The molecule has 140 valence electrons. The van der Waals surface area contributed by atoms with Gasteiger partial charge in [0, 0.05) is 4.90 Å². The fraction of sp³-hybridized carbons (Fsp3) is 0.0556. The van der Waals surface area contributed by atoms with Gasteiger partial charge in [0.05, 0.1) is 22.2 Å². The topological polar surface area (TPSA) is 103 Å². The number of rotatable bonds is 6. The molecular formula is C18H13N5O3S2. The first-order valence-corrected chi connectivity index (χ1v) is 9.71. The van der Waals surface area contributed by atoms with Crippen LogP contribution in [0.15, 0.2) is 64.8 Å². The molecule has 0 unspecified atom stereocenters. The molecule has 0 fully saturated rings. The van der Waals surface area contributed by atoms with Crippen molar-refractivity contribution >= 4 is 50.0 Å². The summed E-state index contributed by atoms with van der Waals surface area (Å²) < 4.78 is 6.12. The van der Waals surface area contributed by atoms with Gasteiger partial charge in [0.2, 0.25) is 5.82 Å². The fourth-order valence-corrected chi connectivity index (χ4v) is 4.26. The molecule has 0 aliphatic rings. The number of hydrogen-bond donors (Lipinski definition) is 1. The van der Waals surface area contributed by atoms with Crippen LogP contribution < -0.4 is 10.1 Å². The maximum absolute atomic E-state index is 11.7. The van der Waals surface area contributed by atoms with Crippen LogP contribution >= 0.6 is 23.1 Å². The minimum absolute atomic E-state index is 0.101.